The summed E-state index contributed by atoms with van der Waals surface area (Å²) in [6.07, 6.45) is -1.37. The van der Waals surface area contributed by atoms with E-state index in [1.54, 1.807) is 22.8 Å². The quantitative estimate of drug-likeness (QED) is 0.427. The van der Waals surface area contributed by atoms with Crippen LogP contribution in [0.1, 0.15) is 35.3 Å². The lowest BCUT2D eigenvalue weighted by molar-refractivity contribution is -0.172. The minimum Gasteiger partial charge on any atom is -0.508 e. The third-order valence-electron chi connectivity index (χ3n) is 6.11. The van der Waals surface area contributed by atoms with Crippen LogP contribution in [0.5, 0.6) is 5.75 Å². The van der Waals surface area contributed by atoms with Gasteiger partial charge in [-0.05, 0) is 45.3 Å². The summed E-state index contributed by atoms with van der Waals surface area (Å²) in [5.41, 5.74) is 9.16. The van der Waals surface area contributed by atoms with Crippen molar-refractivity contribution in [2.75, 3.05) is 14.1 Å². The van der Waals surface area contributed by atoms with Gasteiger partial charge in [0, 0.05) is 28.6 Å². The van der Waals surface area contributed by atoms with E-state index in [4.69, 9.17) is 20.2 Å². The molecular formula is C24H24N4O6. The molecule has 2 aliphatic rings. The molecule has 5 rings (SSSR count). The van der Waals surface area contributed by atoms with Crippen LogP contribution in [-0.4, -0.2) is 51.6 Å². The SMILES string of the molecule is CC(N)C(=O)O[C@@H]1C(=O)OCc2c1cc1n(c2=O)Cc2cc3c(CN(C)C)c(O)ccc3nc2-1. The number of nitrogens with two attached hydrogens (primary N) is 1. The first kappa shape index (κ1) is 22.1. The van der Waals surface area contributed by atoms with E-state index in [0.717, 1.165) is 16.5 Å². The van der Waals surface area contributed by atoms with Crippen molar-refractivity contribution in [3.63, 3.8) is 0 Å². The molecule has 3 N–H and O–H groups in total. The molecule has 34 heavy (non-hydrogen) atoms. The van der Waals surface area contributed by atoms with Crippen molar-refractivity contribution in [2.24, 2.45) is 5.73 Å². The molecule has 10 nitrogen and oxygen atoms in total. The second-order valence-electron chi connectivity index (χ2n) is 8.93. The Kier molecular flexibility index (Phi) is 5.14. The van der Waals surface area contributed by atoms with Crippen LogP contribution < -0.4 is 11.3 Å². The second-order valence-corrected chi connectivity index (χ2v) is 8.93. The normalized spacial score (nSPS) is 17.2. The molecule has 2 atom stereocenters. The highest BCUT2D eigenvalue weighted by Gasteiger charge is 2.38. The zero-order valence-corrected chi connectivity index (χ0v) is 19.0. The molecule has 1 aromatic carbocycles. The van der Waals surface area contributed by atoms with E-state index in [0.29, 0.717) is 23.4 Å². The summed E-state index contributed by atoms with van der Waals surface area (Å²) in [7, 11) is 3.83. The maximum absolute atomic E-state index is 13.3. The maximum atomic E-state index is 13.3. The molecule has 0 bridgehead atoms. The van der Waals surface area contributed by atoms with E-state index < -0.39 is 24.1 Å². The lowest BCUT2D eigenvalue weighted by Crippen LogP contribution is -2.37. The smallest absolute Gasteiger partial charge is 0.352 e. The van der Waals surface area contributed by atoms with E-state index in [-0.39, 0.29) is 35.6 Å². The fourth-order valence-electron chi connectivity index (χ4n) is 4.45. The van der Waals surface area contributed by atoms with Gasteiger partial charge in [0.2, 0.25) is 6.10 Å². The summed E-state index contributed by atoms with van der Waals surface area (Å²) >= 11 is 0. The molecule has 3 aromatic rings. The Balaban J connectivity index is 1.67. The summed E-state index contributed by atoms with van der Waals surface area (Å²) in [5.74, 6) is -1.34. The summed E-state index contributed by atoms with van der Waals surface area (Å²) in [5, 5.41) is 11.2. The third-order valence-corrected chi connectivity index (χ3v) is 6.11. The Bertz CT molecular complexity index is 1430. The molecule has 2 aliphatic heterocycles. The number of carbonyl (C=O) groups is 2. The zero-order valence-electron chi connectivity index (χ0n) is 19.0. The van der Waals surface area contributed by atoms with Gasteiger partial charge in [0.1, 0.15) is 18.4 Å². The average Bonchev–Trinajstić information content (AvgIpc) is 3.14. The number of benzene rings is 1. The number of fused-ring (bicyclic) bond motifs is 5. The lowest BCUT2D eigenvalue weighted by atomic mass is 9.99. The van der Waals surface area contributed by atoms with Gasteiger partial charge in [-0.25, -0.2) is 9.78 Å². The monoisotopic (exact) mass is 464 g/mol. The molecule has 0 amide bonds. The highest BCUT2D eigenvalue weighted by Crippen LogP contribution is 2.38. The van der Waals surface area contributed by atoms with Crippen molar-refractivity contribution in [1.29, 1.82) is 0 Å². The molecule has 2 aromatic heterocycles. The molecule has 0 radical (unpaired) electrons. The number of nitrogens with zero attached hydrogens (tertiary/aromatic N) is 3. The van der Waals surface area contributed by atoms with Gasteiger partial charge >= 0.3 is 11.9 Å². The number of cyclic esters (lactones) is 1. The molecule has 1 unspecified atom stereocenters. The fraction of sp³-hybridized carbons (Fsp3) is 0.333. The largest absolute Gasteiger partial charge is 0.508 e. The van der Waals surface area contributed by atoms with E-state index in [9.17, 15) is 19.5 Å². The van der Waals surface area contributed by atoms with Crippen molar-refractivity contribution in [2.45, 2.75) is 38.8 Å². The van der Waals surface area contributed by atoms with Gasteiger partial charge in [0.15, 0.2) is 0 Å². The van der Waals surface area contributed by atoms with Crippen LogP contribution in [0.4, 0.5) is 0 Å². The number of esters is 2. The molecule has 4 heterocycles. The van der Waals surface area contributed by atoms with E-state index in [1.807, 2.05) is 25.1 Å². The number of hydrogen-bond donors (Lipinski definition) is 2. The summed E-state index contributed by atoms with van der Waals surface area (Å²) < 4.78 is 12.0. The molecule has 0 aliphatic carbocycles. The predicted molar refractivity (Wildman–Crippen MR) is 122 cm³/mol. The summed E-state index contributed by atoms with van der Waals surface area (Å²) in [4.78, 5) is 44.6. The Labute approximate surface area is 194 Å². The van der Waals surface area contributed by atoms with Gasteiger partial charge in [-0.15, -0.1) is 0 Å². The second kappa shape index (κ2) is 7.93. The fourth-order valence-corrected chi connectivity index (χ4v) is 4.45. The Morgan fingerprint density at radius 2 is 2.12 bits per heavy atom. The Hall–Kier alpha value is -3.76. The van der Waals surface area contributed by atoms with E-state index in [2.05, 4.69) is 0 Å². The topological polar surface area (TPSA) is 137 Å². The van der Waals surface area contributed by atoms with Crippen molar-refractivity contribution >= 4 is 22.8 Å². The van der Waals surface area contributed by atoms with Crippen molar-refractivity contribution < 1.29 is 24.2 Å². The minimum atomic E-state index is -1.37. The number of pyridine rings is 2. The minimum absolute atomic E-state index is 0.181. The molecule has 0 spiro atoms. The number of carbonyl (C=O) groups excluding carboxylic acids is 2. The van der Waals surface area contributed by atoms with E-state index in [1.165, 1.54) is 6.92 Å². The van der Waals surface area contributed by atoms with Crippen molar-refractivity contribution in [3.05, 3.63) is 56.9 Å². The highest BCUT2D eigenvalue weighted by molar-refractivity contribution is 5.89. The van der Waals surface area contributed by atoms with Crippen LogP contribution in [0.2, 0.25) is 0 Å². The number of aromatic hydroxyl groups is 1. The van der Waals surface area contributed by atoms with Crippen molar-refractivity contribution in [3.8, 4) is 17.1 Å². The summed E-state index contributed by atoms with van der Waals surface area (Å²) in [6, 6.07) is 6.01. The van der Waals surface area contributed by atoms with Crippen LogP contribution in [0.3, 0.4) is 0 Å². The van der Waals surface area contributed by atoms with E-state index >= 15 is 0 Å². The Morgan fingerprint density at radius 1 is 1.35 bits per heavy atom. The number of hydrogen-bond acceptors (Lipinski definition) is 9. The molecule has 0 saturated carbocycles. The van der Waals surface area contributed by atoms with Gasteiger partial charge in [0.05, 0.1) is 29.0 Å². The first-order chi connectivity index (χ1) is 16.2. The number of ether oxygens (including phenoxy) is 2. The number of rotatable bonds is 4. The van der Waals surface area contributed by atoms with Crippen LogP contribution in [0, 0.1) is 0 Å². The van der Waals surface area contributed by atoms with Gasteiger partial charge < -0.3 is 29.8 Å². The number of phenolic OH excluding ortho intramolecular Hbond substituents is 1. The molecule has 0 fully saturated rings. The molecule has 0 saturated heterocycles. The van der Waals surface area contributed by atoms with Crippen LogP contribution >= 0.6 is 0 Å². The van der Waals surface area contributed by atoms with Crippen LogP contribution in [-0.2, 0) is 38.8 Å². The van der Waals surface area contributed by atoms with Gasteiger partial charge in [-0.3, -0.25) is 9.59 Å². The lowest BCUT2D eigenvalue weighted by Gasteiger charge is -2.25. The number of phenols is 1. The third kappa shape index (κ3) is 3.42. The first-order valence-corrected chi connectivity index (χ1v) is 10.8. The zero-order chi connectivity index (χ0) is 24.3. The summed E-state index contributed by atoms with van der Waals surface area (Å²) in [6.45, 7) is 2.06. The van der Waals surface area contributed by atoms with Gasteiger partial charge in [-0.2, -0.15) is 0 Å². The molecular weight excluding hydrogens is 440 g/mol. The predicted octanol–water partition coefficient (Wildman–Crippen LogP) is 1.18. The van der Waals surface area contributed by atoms with Crippen LogP contribution in [0.25, 0.3) is 22.3 Å². The first-order valence-electron chi connectivity index (χ1n) is 10.8. The van der Waals surface area contributed by atoms with Crippen molar-refractivity contribution in [1.82, 2.24) is 14.5 Å². The molecule has 176 valence electrons. The Morgan fingerprint density at radius 3 is 2.82 bits per heavy atom. The maximum Gasteiger partial charge on any atom is 0.352 e. The van der Waals surface area contributed by atoms with Gasteiger partial charge in [0.25, 0.3) is 5.56 Å². The van der Waals surface area contributed by atoms with Crippen LogP contribution in [0.15, 0.2) is 29.1 Å². The molecule has 10 heteroatoms. The number of aromatic nitrogens is 2. The average molecular weight is 464 g/mol. The van der Waals surface area contributed by atoms with Gasteiger partial charge in [-0.1, -0.05) is 0 Å². The highest BCUT2D eigenvalue weighted by atomic mass is 16.6. The standard InChI is InChI=1S/C24H24N4O6/c1-11(25)23(31)34-21-14-7-18-20-12(8-28(18)22(30)16(14)10-33-24(21)32)6-13-15(9-27(2)3)19(29)5-4-17(13)26-20/h4-7,11,21,29H,8-10,25H2,1-3H3/t11?,21-/m0/s1.